The Hall–Kier alpha value is -1.40. The van der Waals surface area contributed by atoms with Crippen LogP contribution in [-0.4, -0.2) is 16.7 Å². The van der Waals surface area contributed by atoms with Crippen LogP contribution in [0.4, 0.5) is 0 Å². The zero-order chi connectivity index (χ0) is 14.5. The van der Waals surface area contributed by atoms with Gasteiger partial charge in [-0.05, 0) is 46.6 Å². The molecule has 0 amide bonds. The summed E-state index contributed by atoms with van der Waals surface area (Å²) in [6.45, 7) is 4.92. The van der Waals surface area contributed by atoms with Crippen LogP contribution in [0.2, 0.25) is 0 Å². The fraction of sp³-hybridized carbons (Fsp3) is 0.429. The van der Waals surface area contributed by atoms with Gasteiger partial charge in [0.2, 0.25) is 11.7 Å². The van der Waals surface area contributed by atoms with Crippen LogP contribution in [0.5, 0.6) is 5.75 Å². The fourth-order valence-electron chi connectivity index (χ4n) is 1.69. The number of hydrogen-bond donors (Lipinski definition) is 1. The molecule has 0 saturated carbocycles. The Bertz CT molecular complexity index is 569. The molecule has 0 spiro atoms. The van der Waals surface area contributed by atoms with Crippen LogP contribution in [0.1, 0.15) is 37.0 Å². The lowest BCUT2D eigenvalue weighted by Gasteiger charge is -2.07. The molecule has 0 radical (unpaired) electrons. The van der Waals surface area contributed by atoms with Crippen LogP contribution in [0, 0.1) is 0 Å². The Balaban J connectivity index is 1.99. The van der Waals surface area contributed by atoms with Gasteiger partial charge in [0.1, 0.15) is 5.75 Å². The topological polar surface area (TPSA) is 74.2 Å². The van der Waals surface area contributed by atoms with Gasteiger partial charge in [-0.1, -0.05) is 25.1 Å². The van der Waals surface area contributed by atoms with Gasteiger partial charge in [-0.25, -0.2) is 0 Å². The molecule has 2 N–H and O–H groups in total. The van der Waals surface area contributed by atoms with Crippen LogP contribution in [0.15, 0.2) is 27.2 Å². The van der Waals surface area contributed by atoms with E-state index in [9.17, 15) is 0 Å². The number of halogens is 1. The van der Waals surface area contributed by atoms with E-state index in [-0.39, 0.29) is 12.5 Å². The van der Waals surface area contributed by atoms with Crippen molar-refractivity contribution in [3.63, 3.8) is 0 Å². The lowest BCUT2D eigenvalue weighted by Crippen LogP contribution is -2.03. The SMILES string of the molecule is CC(C)c1nc(COc2ccc(CCN)cc2Br)no1. The highest BCUT2D eigenvalue weighted by atomic mass is 79.9. The maximum atomic E-state index is 5.69. The molecular formula is C14H18BrN3O2. The molecule has 0 aliphatic heterocycles. The molecule has 1 aromatic carbocycles. The van der Waals surface area contributed by atoms with E-state index in [1.165, 1.54) is 5.56 Å². The number of nitrogens with zero attached hydrogens (tertiary/aromatic N) is 2. The Labute approximate surface area is 126 Å². The lowest BCUT2D eigenvalue weighted by atomic mass is 10.1. The molecule has 0 aliphatic rings. The largest absolute Gasteiger partial charge is 0.484 e. The summed E-state index contributed by atoms with van der Waals surface area (Å²) in [7, 11) is 0. The van der Waals surface area contributed by atoms with Crippen LogP contribution in [-0.2, 0) is 13.0 Å². The second-order valence-electron chi connectivity index (χ2n) is 4.80. The van der Waals surface area contributed by atoms with Crippen molar-refractivity contribution in [2.45, 2.75) is 32.8 Å². The summed E-state index contributed by atoms with van der Waals surface area (Å²) in [6, 6.07) is 5.93. The minimum absolute atomic E-state index is 0.221. The highest BCUT2D eigenvalue weighted by Crippen LogP contribution is 2.26. The lowest BCUT2D eigenvalue weighted by molar-refractivity contribution is 0.283. The van der Waals surface area contributed by atoms with Crippen LogP contribution < -0.4 is 10.5 Å². The predicted octanol–water partition coefficient (Wildman–Crippen LogP) is 3.04. The van der Waals surface area contributed by atoms with Crippen LogP contribution in [0.25, 0.3) is 0 Å². The number of hydrogen-bond acceptors (Lipinski definition) is 5. The van der Waals surface area contributed by atoms with Crippen molar-refractivity contribution in [1.29, 1.82) is 0 Å². The minimum atomic E-state index is 0.221. The summed E-state index contributed by atoms with van der Waals surface area (Å²) in [6.07, 6.45) is 0.849. The van der Waals surface area contributed by atoms with Crippen molar-refractivity contribution >= 4 is 15.9 Å². The molecule has 108 valence electrons. The standard InChI is InChI=1S/C14H18BrN3O2/c1-9(2)14-17-13(18-20-14)8-19-12-4-3-10(5-6-16)7-11(12)15/h3-4,7,9H,5-6,8,16H2,1-2H3. The first-order chi connectivity index (χ1) is 9.60. The highest BCUT2D eigenvalue weighted by molar-refractivity contribution is 9.10. The molecule has 2 aromatic rings. The number of benzene rings is 1. The second kappa shape index (κ2) is 6.85. The number of nitrogens with two attached hydrogens (primary N) is 1. The molecule has 0 aliphatic carbocycles. The van der Waals surface area contributed by atoms with Crippen molar-refractivity contribution < 1.29 is 9.26 Å². The quantitative estimate of drug-likeness (QED) is 0.875. The summed E-state index contributed by atoms with van der Waals surface area (Å²) < 4.78 is 11.7. The van der Waals surface area contributed by atoms with Crippen LogP contribution in [0.3, 0.4) is 0 Å². The molecule has 6 heteroatoms. The normalized spacial score (nSPS) is 11.1. The van der Waals surface area contributed by atoms with E-state index in [1.54, 1.807) is 0 Å². The zero-order valence-corrected chi connectivity index (χ0v) is 13.2. The van der Waals surface area contributed by atoms with Gasteiger partial charge in [0, 0.05) is 5.92 Å². The molecule has 0 atom stereocenters. The molecule has 0 bridgehead atoms. The molecule has 0 unspecified atom stereocenters. The first-order valence-corrected chi connectivity index (χ1v) is 7.33. The fourth-order valence-corrected chi connectivity index (χ4v) is 2.23. The average molecular weight is 340 g/mol. The smallest absolute Gasteiger partial charge is 0.229 e. The predicted molar refractivity (Wildman–Crippen MR) is 79.6 cm³/mol. The number of aromatic nitrogens is 2. The van der Waals surface area contributed by atoms with E-state index < -0.39 is 0 Å². The molecule has 20 heavy (non-hydrogen) atoms. The third-order valence-corrected chi connectivity index (χ3v) is 3.38. The summed E-state index contributed by atoms with van der Waals surface area (Å²) in [4.78, 5) is 4.27. The van der Waals surface area contributed by atoms with Gasteiger partial charge in [-0.3, -0.25) is 0 Å². The van der Waals surface area contributed by atoms with Crippen molar-refractivity contribution in [3.8, 4) is 5.75 Å². The summed E-state index contributed by atoms with van der Waals surface area (Å²) >= 11 is 3.49. The maximum absolute atomic E-state index is 5.69. The van der Waals surface area contributed by atoms with Crippen molar-refractivity contribution in [1.82, 2.24) is 10.1 Å². The van der Waals surface area contributed by atoms with Crippen molar-refractivity contribution in [3.05, 3.63) is 40.0 Å². The molecule has 1 heterocycles. The van der Waals surface area contributed by atoms with Gasteiger partial charge >= 0.3 is 0 Å². The molecule has 0 fully saturated rings. The van der Waals surface area contributed by atoms with E-state index in [1.807, 2.05) is 32.0 Å². The van der Waals surface area contributed by atoms with Gasteiger partial charge in [0.05, 0.1) is 4.47 Å². The summed E-state index contributed by atoms with van der Waals surface area (Å²) in [5.74, 6) is 2.15. The summed E-state index contributed by atoms with van der Waals surface area (Å²) in [5.41, 5.74) is 6.71. The third-order valence-electron chi connectivity index (χ3n) is 2.76. The molecule has 0 saturated heterocycles. The molecule has 2 rings (SSSR count). The monoisotopic (exact) mass is 339 g/mol. The number of ether oxygens (including phenoxy) is 1. The van der Waals surface area contributed by atoms with Crippen LogP contribution >= 0.6 is 15.9 Å². The zero-order valence-electron chi connectivity index (χ0n) is 11.6. The van der Waals surface area contributed by atoms with Crippen molar-refractivity contribution in [2.75, 3.05) is 6.54 Å². The Morgan fingerprint density at radius 2 is 2.20 bits per heavy atom. The maximum Gasteiger partial charge on any atom is 0.229 e. The number of rotatable bonds is 6. The van der Waals surface area contributed by atoms with Crippen molar-refractivity contribution in [2.24, 2.45) is 5.73 Å². The van der Waals surface area contributed by atoms with Gasteiger partial charge in [0.25, 0.3) is 0 Å². The van der Waals surface area contributed by atoms with Gasteiger partial charge < -0.3 is 15.0 Å². The molecule has 5 nitrogen and oxygen atoms in total. The van der Waals surface area contributed by atoms with E-state index in [0.717, 1.165) is 16.6 Å². The van der Waals surface area contributed by atoms with Gasteiger partial charge in [0.15, 0.2) is 6.61 Å². The average Bonchev–Trinajstić information content (AvgIpc) is 2.87. The van der Waals surface area contributed by atoms with E-state index in [2.05, 4.69) is 26.1 Å². The third kappa shape index (κ3) is 3.80. The van der Waals surface area contributed by atoms with Gasteiger partial charge in [-0.2, -0.15) is 4.98 Å². The first kappa shape index (κ1) is 15.0. The van der Waals surface area contributed by atoms with E-state index >= 15 is 0 Å². The Morgan fingerprint density at radius 1 is 1.40 bits per heavy atom. The highest BCUT2D eigenvalue weighted by Gasteiger charge is 2.11. The van der Waals surface area contributed by atoms with E-state index in [4.69, 9.17) is 15.0 Å². The molecular weight excluding hydrogens is 322 g/mol. The first-order valence-electron chi connectivity index (χ1n) is 6.54. The Morgan fingerprint density at radius 3 is 2.80 bits per heavy atom. The Kier molecular flexibility index (Phi) is 5.14. The van der Waals surface area contributed by atoms with Gasteiger partial charge in [-0.15, -0.1) is 0 Å². The molecule has 1 aromatic heterocycles. The van der Waals surface area contributed by atoms with E-state index in [0.29, 0.717) is 18.3 Å². The minimum Gasteiger partial charge on any atom is -0.484 e. The second-order valence-corrected chi connectivity index (χ2v) is 5.65. The summed E-state index contributed by atoms with van der Waals surface area (Å²) in [5, 5.41) is 3.89.